The van der Waals surface area contributed by atoms with Crippen LogP contribution in [0.1, 0.15) is 5.56 Å². The average Bonchev–Trinajstić information content (AvgIpc) is 2.33. The predicted octanol–water partition coefficient (Wildman–Crippen LogP) is 4.02. The van der Waals surface area contributed by atoms with Gasteiger partial charge in [-0.15, -0.1) is 0 Å². The van der Waals surface area contributed by atoms with Crippen LogP contribution < -0.4 is 0 Å². The van der Waals surface area contributed by atoms with E-state index in [2.05, 4.69) is 0 Å². The summed E-state index contributed by atoms with van der Waals surface area (Å²) in [6.07, 6.45) is 0. The van der Waals surface area contributed by atoms with E-state index in [4.69, 9.17) is 16.9 Å². The fourth-order valence-corrected chi connectivity index (χ4v) is 1.66. The van der Waals surface area contributed by atoms with E-state index in [9.17, 15) is 4.39 Å². The van der Waals surface area contributed by atoms with Crippen LogP contribution in [0.4, 0.5) is 4.39 Å². The highest BCUT2D eigenvalue weighted by molar-refractivity contribution is 6.31. The number of nitrogens with zero attached hydrogens (tertiary/aromatic N) is 1. The van der Waals surface area contributed by atoms with Crippen LogP contribution in [0.25, 0.3) is 11.1 Å². The first-order valence-corrected chi connectivity index (χ1v) is 5.04. The van der Waals surface area contributed by atoms with E-state index in [1.165, 1.54) is 6.07 Å². The van der Waals surface area contributed by atoms with Gasteiger partial charge >= 0.3 is 0 Å². The summed E-state index contributed by atoms with van der Waals surface area (Å²) in [5, 5.41) is 8.85. The summed E-state index contributed by atoms with van der Waals surface area (Å²) < 4.78 is 13.7. The summed E-state index contributed by atoms with van der Waals surface area (Å²) >= 11 is 5.70. The second kappa shape index (κ2) is 4.34. The Labute approximate surface area is 97.7 Å². The molecule has 2 aromatic rings. The minimum absolute atomic E-state index is 0.0832. The largest absolute Gasteiger partial charge is 0.205 e. The van der Waals surface area contributed by atoms with Gasteiger partial charge in [0.25, 0.3) is 0 Å². The van der Waals surface area contributed by atoms with E-state index in [1.807, 2.05) is 6.07 Å². The molecule has 0 heterocycles. The summed E-state index contributed by atoms with van der Waals surface area (Å²) in [4.78, 5) is 0. The molecule has 0 radical (unpaired) electrons. The molecule has 3 heteroatoms. The minimum Gasteiger partial charge on any atom is -0.205 e. The molecule has 0 aliphatic carbocycles. The van der Waals surface area contributed by atoms with Gasteiger partial charge in [-0.2, -0.15) is 5.26 Å². The molecule has 0 aromatic heterocycles. The van der Waals surface area contributed by atoms with Crippen molar-refractivity contribution in [3.63, 3.8) is 0 Å². The van der Waals surface area contributed by atoms with Gasteiger partial charge in [0.05, 0.1) is 16.7 Å². The average molecular weight is 232 g/mol. The van der Waals surface area contributed by atoms with Crippen molar-refractivity contribution in [1.29, 1.82) is 5.26 Å². The molecule has 0 saturated heterocycles. The molecule has 78 valence electrons. The fourth-order valence-electron chi connectivity index (χ4n) is 1.48. The molecule has 0 unspecified atom stereocenters. The van der Waals surface area contributed by atoms with E-state index >= 15 is 0 Å². The lowest BCUT2D eigenvalue weighted by Gasteiger charge is -2.04. The summed E-state index contributed by atoms with van der Waals surface area (Å²) in [5.41, 5.74) is 1.56. The maximum atomic E-state index is 13.7. The zero-order valence-corrected chi connectivity index (χ0v) is 9.00. The lowest BCUT2D eigenvalue weighted by atomic mass is 10.0. The van der Waals surface area contributed by atoms with Crippen LogP contribution in [0.15, 0.2) is 42.5 Å². The van der Waals surface area contributed by atoms with Crippen molar-refractivity contribution in [3.05, 3.63) is 58.9 Å². The van der Waals surface area contributed by atoms with E-state index in [0.29, 0.717) is 16.7 Å². The summed E-state index contributed by atoms with van der Waals surface area (Å²) in [6.45, 7) is 0. The molecular formula is C13H7ClFN. The molecule has 0 atom stereocenters. The van der Waals surface area contributed by atoms with Gasteiger partial charge in [0, 0.05) is 5.56 Å². The first-order valence-electron chi connectivity index (χ1n) is 4.67. The lowest BCUT2D eigenvalue weighted by molar-refractivity contribution is 0.632. The van der Waals surface area contributed by atoms with Crippen molar-refractivity contribution < 1.29 is 4.39 Å². The fraction of sp³-hybridized carbons (Fsp3) is 0. The Morgan fingerprint density at radius 3 is 2.62 bits per heavy atom. The predicted molar refractivity (Wildman–Crippen MR) is 61.6 cm³/mol. The Morgan fingerprint density at radius 2 is 1.88 bits per heavy atom. The Bertz CT molecular complexity index is 572. The van der Waals surface area contributed by atoms with E-state index < -0.39 is 5.82 Å². The van der Waals surface area contributed by atoms with Crippen LogP contribution in [-0.2, 0) is 0 Å². The van der Waals surface area contributed by atoms with Gasteiger partial charge in [0.1, 0.15) is 5.82 Å². The molecule has 1 nitrogen and oxygen atoms in total. The number of hydrogen-bond donors (Lipinski definition) is 0. The quantitative estimate of drug-likeness (QED) is 0.727. The van der Waals surface area contributed by atoms with Crippen LogP contribution in [-0.4, -0.2) is 0 Å². The summed E-state index contributed by atoms with van der Waals surface area (Å²) in [7, 11) is 0. The normalized spacial score (nSPS) is 9.81. The highest BCUT2D eigenvalue weighted by Gasteiger charge is 2.08. The highest BCUT2D eigenvalue weighted by Crippen LogP contribution is 2.27. The smallest absolute Gasteiger partial charge is 0.149 e. The maximum absolute atomic E-state index is 13.7. The molecular weight excluding hydrogens is 225 g/mol. The third-order valence-electron chi connectivity index (χ3n) is 2.25. The molecule has 2 aromatic carbocycles. The van der Waals surface area contributed by atoms with Crippen molar-refractivity contribution in [3.8, 4) is 17.2 Å². The number of halogens is 2. The molecule has 0 aliphatic rings. The van der Waals surface area contributed by atoms with Crippen LogP contribution >= 0.6 is 11.6 Å². The topological polar surface area (TPSA) is 23.8 Å². The van der Waals surface area contributed by atoms with Crippen molar-refractivity contribution >= 4 is 11.6 Å². The molecule has 0 amide bonds. The van der Waals surface area contributed by atoms with Crippen LogP contribution in [0.5, 0.6) is 0 Å². The maximum Gasteiger partial charge on any atom is 0.149 e. The zero-order valence-electron chi connectivity index (χ0n) is 8.24. The Hall–Kier alpha value is -1.85. The molecule has 0 spiro atoms. The minimum atomic E-state index is -0.459. The molecule has 0 fully saturated rings. The molecule has 0 bridgehead atoms. The van der Waals surface area contributed by atoms with Crippen molar-refractivity contribution in [2.24, 2.45) is 0 Å². The van der Waals surface area contributed by atoms with Gasteiger partial charge in [-0.25, -0.2) is 4.39 Å². The van der Waals surface area contributed by atoms with Crippen LogP contribution in [0, 0.1) is 17.1 Å². The standard InChI is InChI=1S/C13H7ClFN/c14-12-6-2-5-11(13(12)15)10-4-1-3-9(7-10)8-16/h1-7H. The first kappa shape index (κ1) is 10.7. The second-order valence-corrected chi connectivity index (χ2v) is 3.70. The number of hydrogen-bond acceptors (Lipinski definition) is 1. The first-order chi connectivity index (χ1) is 7.72. The third kappa shape index (κ3) is 1.91. The zero-order chi connectivity index (χ0) is 11.5. The van der Waals surface area contributed by atoms with E-state index in [0.717, 1.165) is 0 Å². The van der Waals surface area contributed by atoms with Crippen molar-refractivity contribution in [2.75, 3.05) is 0 Å². The Kier molecular flexibility index (Phi) is 2.89. The van der Waals surface area contributed by atoms with Crippen molar-refractivity contribution in [2.45, 2.75) is 0 Å². The summed E-state index contributed by atoms with van der Waals surface area (Å²) in [5.74, 6) is -0.459. The number of rotatable bonds is 1. The van der Waals surface area contributed by atoms with E-state index in [-0.39, 0.29) is 5.02 Å². The van der Waals surface area contributed by atoms with Gasteiger partial charge in [0.15, 0.2) is 0 Å². The van der Waals surface area contributed by atoms with Gasteiger partial charge in [-0.3, -0.25) is 0 Å². The summed E-state index contributed by atoms with van der Waals surface area (Å²) in [6, 6.07) is 13.6. The number of nitriles is 1. The lowest BCUT2D eigenvalue weighted by Crippen LogP contribution is -1.86. The highest BCUT2D eigenvalue weighted by atomic mass is 35.5. The second-order valence-electron chi connectivity index (χ2n) is 3.29. The van der Waals surface area contributed by atoms with E-state index in [1.54, 1.807) is 36.4 Å². The number of benzene rings is 2. The van der Waals surface area contributed by atoms with Gasteiger partial charge < -0.3 is 0 Å². The molecule has 16 heavy (non-hydrogen) atoms. The monoisotopic (exact) mass is 231 g/mol. The molecule has 0 aliphatic heterocycles. The van der Waals surface area contributed by atoms with Crippen LogP contribution in [0.2, 0.25) is 5.02 Å². The Balaban J connectivity index is 2.59. The van der Waals surface area contributed by atoms with Gasteiger partial charge in [0.2, 0.25) is 0 Å². The SMILES string of the molecule is N#Cc1cccc(-c2cccc(Cl)c2F)c1. The molecule has 0 saturated carbocycles. The van der Waals surface area contributed by atoms with Gasteiger partial charge in [-0.1, -0.05) is 35.9 Å². The molecule has 2 rings (SSSR count). The Morgan fingerprint density at radius 1 is 1.12 bits per heavy atom. The molecule has 0 N–H and O–H groups in total. The third-order valence-corrected chi connectivity index (χ3v) is 2.55. The van der Waals surface area contributed by atoms with Gasteiger partial charge in [-0.05, 0) is 23.8 Å². The van der Waals surface area contributed by atoms with Crippen LogP contribution in [0.3, 0.4) is 0 Å². The van der Waals surface area contributed by atoms with Crippen molar-refractivity contribution in [1.82, 2.24) is 0 Å².